The third kappa shape index (κ3) is 5.15. The Bertz CT molecular complexity index is 1420. The Kier molecular flexibility index (Phi) is 6.85. The molecule has 0 N–H and O–H groups in total. The number of amidine groups is 1. The van der Waals surface area contributed by atoms with Crippen LogP contribution in [0.1, 0.15) is 41.4 Å². The fourth-order valence-corrected chi connectivity index (χ4v) is 5.76. The van der Waals surface area contributed by atoms with Gasteiger partial charge >= 0.3 is 0 Å². The minimum Gasteiger partial charge on any atom is -0.477 e. The van der Waals surface area contributed by atoms with Crippen LogP contribution in [0.2, 0.25) is 0 Å². The number of amides is 1. The second-order valence-corrected chi connectivity index (χ2v) is 11.2. The summed E-state index contributed by atoms with van der Waals surface area (Å²) in [5.41, 5.74) is 6.39. The molecule has 1 atom stereocenters. The Labute approximate surface area is 230 Å². The molecule has 0 radical (unpaired) electrons. The molecule has 0 spiro atoms. The van der Waals surface area contributed by atoms with Gasteiger partial charge in [0.15, 0.2) is 0 Å². The van der Waals surface area contributed by atoms with Gasteiger partial charge in [-0.25, -0.2) is 4.68 Å². The predicted molar refractivity (Wildman–Crippen MR) is 154 cm³/mol. The number of fused-ring (bicyclic) bond motifs is 7. The average molecular weight is 528 g/mol. The van der Waals surface area contributed by atoms with Gasteiger partial charge in [-0.15, -0.1) is 0 Å². The molecule has 6 rings (SSSR count). The van der Waals surface area contributed by atoms with Gasteiger partial charge in [0, 0.05) is 68.8 Å². The number of anilines is 2. The van der Waals surface area contributed by atoms with Crippen LogP contribution in [-0.4, -0.2) is 77.8 Å². The van der Waals surface area contributed by atoms with Crippen LogP contribution in [0.15, 0.2) is 41.5 Å². The topological polar surface area (TPSA) is 79.1 Å². The van der Waals surface area contributed by atoms with Crippen molar-refractivity contribution in [3.8, 4) is 17.1 Å². The number of benzene rings is 1. The van der Waals surface area contributed by atoms with Crippen LogP contribution in [0, 0.1) is 12.8 Å². The van der Waals surface area contributed by atoms with Gasteiger partial charge in [-0.1, -0.05) is 13.0 Å². The number of aryl methyl sites for hydroxylation is 2. The van der Waals surface area contributed by atoms with Crippen molar-refractivity contribution in [2.75, 3.05) is 56.2 Å². The van der Waals surface area contributed by atoms with E-state index in [9.17, 15) is 4.79 Å². The van der Waals surface area contributed by atoms with E-state index in [4.69, 9.17) is 14.7 Å². The number of nitrogens with zero attached hydrogens (tertiary/aromatic N) is 7. The summed E-state index contributed by atoms with van der Waals surface area (Å²) in [6.45, 7) is 9.70. The van der Waals surface area contributed by atoms with E-state index in [2.05, 4.69) is 52.0 Å². The van der Waals surface area contributed by atoms with Gasteiger partial charge in [0.1, 0.15) is 5.84 Å². The van der Waals surface area contributed by atoms with Crippen LogP contribution in [0.4, 0.5) is 11.4 Å². The normalized spacial score (nSPS) is 20.4. The van der Waals surface area contributed by atoms with E-state index in [0.717, 1.165) is 62.7 Å². The number of rotatable bonds is 1. The first kappa shape index (κ1) is 25.6. The summed E-state index contributed by atoms with van der Waals surface area (Å²) in [6.07, 6.45) is 4.39. The Morgan fingerprint density at radius 1 is 1.03 bits per heavy atom. The third-order valence-electron chi connectivity index (χ3n) is 8.06. The van der Waals surface area contributed by atoms with E-state index in [1.807, 2.05) is 26.1 Å². The van der Waals surface area contributed by atoms with Crippen molar-refractivity contribution >= 4 is 23.1 Å². The van der Waals surface area contributed by atoms with Crippen LogP contribution in [0.3, 0.4) is 0 Å². The van der Waals surface area contributed by atoms with E-state index >= 15 is 0 Å². The van der Waals surface area contributed by atoms with E-state index < -0.39 is 0 Å². The Balaban J connectivity index is 1.37. The molecule has 3 aliphatic rings. The number of likely N-dealkylation sites (N-methyl/N-ethyl adjacent to an activating group) is 1. The summed E-state index contributed by atoms with van der Waals surface area (Å²) < 4.78 is 8.00. The lowest BCUT2D eigenvalue weighted by atomic mass is 10.1. The van der Waals surface area contributed by atoms with Crippen molar-refractivity contribution in [1.82, 2.24) is 19.7 Å². The lowest BCUT2D eigenvalue weighted by molar-refractivity contribution is 0.100. The number of piperazine rings is 1. The van der Waals surface area contributed by atoms with E-state index in [-0.39, 0.29) is 5.91 Å². The summed E-state index contributed by atoms with van der Waals surface area (Å²) in [7, 11) is 4.05. The zero-order valence-electron chi connectivity index (χ0n) is 23.4. The summed E-state index contributed by atoms with van der Waals surface area (Å²) in [6, 6.07) is 10.4. The number of hydrogen-bond acceptors (Lipinski definition) is 7. The first-order valence-corrected chi connectivity index (χ1v) is 14.0. The van der Waals surface area contributed by atoms with E-state index in [0.29, 0.717) is 36.1 Å². The molecular formula is C30H37N7O2. The SMILES string of the molecule is Cc1cc2cc(n1)-c1cnn(C)c1OC[C@@H](C)CCCN1C(=NC2=O)Cc2ccc(N3CCN(C)CC3)cc21. The van der Waals surface area contributed by atoms with Crippen LogP contribution in [0.5, 0.6) is 5.88 Å². The van der Waals surface area contributed by atoms with Crippen molar-refractivity contribution < 1.29 is 9.53 Å². The van der Waals surface area contributed by atoms with Gasteiger partial charge in [-0.2, -0.15) is 10.1 Å². The molecule has 9 heteroatoms. The molecule has 1 saturated heterocycles. The maximum absolute atomic E-state index is 13.6. The first-order valence-electron chi connectivity index (χ1n) is 14.0. The number of carbonyl (C=O) groups is 1. The highest BCUT2D eigenvalue weighted by atomic mass is 16.5. The molecule has 204 valence electrons. The van der Waals surface area contributed by atoms with Crippen molar-refractivity contribution in [3.63, 3.8) is 0 Å². The second kappa shape index (κ2) is 10.4. The predicted octanol–water partition coefficient (Wildman–Crippen LogP) is 3.95. The lowest BCUT2D eigenvalue weighted by Gasteiger charge is -2.34. The summed E-state index contributed by atoms with van der Waals surface area (Å²) >= 11 is 0. The number of hydrogen-bond donors (Lipinski definition) is 0. The molecule has 1 amide bonds. The first-order chi connectivity index (χ1) is 18.9. The van der Waals surface area contributed by atoms with Gasteiger partial charge in [-0.3, -0.25) is 9.78 Å². The van der Waals surface area contributed by atoms with E-state index in [1.54, 1.807) is 10.9 Å². The van der Waals surface area contributed by atoms with Crippen LogP contribution >= 0.6 is 0 Å². The number of pyridine rings is 1. The van der Waals surface area contributed by atoms with Gasteiger partial charge in [0.2, 0.25) is 5.88 Å². The molecule has 3 aliphatic heterocycles. The van der Waals surface area contributed by atoms with Gasteiger partial charge in [0.05, 0.1) is 24.1 Å². The maximum atomic E-state index is 13.6. The molecule has 0 aliphatic carbocycles. The lowest BCUT2D eigenvalue weighted by Crippen LogP contribution is -2.44. The minimum absolute atomic E-state index is 0.247. The molecule has 1 fully saturated rings. The standard InChI is InChI=1S/C30H37N7O2/c1-20-6-5-9-37-27-17-24(36-12-10-34(3)11-13-36)8-7-22(27)16-28(37)33-29(38)23-14-21(2)32-26(15-23)25-18-31-35(4)30(25)39-19-20/h7-8,14-15,17-18,20H,5-6,9-13,16,19H2,1-4H3/t20-/m0/s1. The van der Waals surface area contributed by atoms with Crippen LogP contribution < -0.4 is 14.5 Å². The Morgan fingerprint density at radius 2 is 1.85 bits per heavy atom. The zero-order chi connectivity index (χ0) is 27.1. The smallest absolute Gasteiger partial charge is 0.278 e. The number of aromatic nitrogens is 3. The largest absolute Gasteiger partial charge is 0.477 e. The molecule has 9 nitrogen and oxygen atoms in total. The van der Waals surface area contributed by atoms with Crippen molar-refractivity contribution in [2.24, 2.45) is 18.0 Å². The molecule has 2 aromatic heterocycles. The van der Waals surface area contributed by atoms with E-state index in [1.165, 1.54) is 16.9 Å². The summed E-state index contributed by atoms with van der Waals surface area (Å²) in [5, 5.41) is 4.41. The monoisotopic (exact) mass is 527 g/mol. The Morgan fingerprint density at radius 3 is 2.67 bits per heavy atom. The fraction of sp³-hybridized carbons (Fsp3) is 0.467. The highest BCUT2D eigenvalue weighted by molar-refractivity contribution is 6.13. The zero-order valence-corrected chi connectivity index (χ0v) is 23.4. The number of carbonyl (C=O) groups excluding carboxylic acids is 1. The Hall–Kier alpha value is -3.72. The highest BCUT2D eigenvalue weighted by Crippen LogP contribution is 2.35. The molecule has 39 heavy (non-hydrogen) atoms. The van der Waals surface area contributed by atoms with Crippen LogP contribution in [0.25, 0.3) is 11.3 Å². The fourth-order valence-electron chi connectivity index (χ4n) is 5.76. The molecule has 1 aromatic carbocycles. The number of aliphatic imine (C=N–C) groups is 1. The van der Waals surface area contributed by atoms with Crippen LogP contribution in [-0.2, 0) is 13.5 Å². The second-order valence-electron chi connectivity index (χ2n) is 11.2. The summed E-state index contributed by atoms with van der Waals surface area (Å²) in [4.78, 5) is 30.1. The molecular weight excluding hydrogens is 490 g/mol. The van der Waals surface area contributed by atoms with Crippen molar-refractivity contribution in [3.05, 3.63) is 53.3 Å². The maximum Gasteiger partial charge on any atom is 0.278 e. The summed E-state index contributed by atoms with van der Waals surface area (Å²) in [5.74, 6) is 1.61. The number of ether oxygens (including phenoxy) is 1. The van der Waals surface area contributed by atoms with Gasteiger partial charge < -0.3 is 19.4 Å². The third-order valence-corrected chi connectivity index (χ3v) is 8.06. The molecule has 2 bridgehead atoms. The minimum atomic E-state index is -0.247. The highest BCUT2D eigenvalue weighted by Gasteiger charge is 2.28. The van der Waals surface area contributed by atoms with Gasteiger partial charge in [-0.05, 0) is 62.6 Å². The molecule has 0 saturated carbocycles. The molecule has 3 aromatic rings. The molecule has 5 heterocycles. The quantitative estimate of drug-likeness (QED) is 0.474. The van der Waals surface area contributed by atoms with Gasteiger partial charge in [0.25, 0.3) is 5.91 Å². The average Bonchev–Trinajstić information content (AvgIpc) is 3.46. The van der Waals surface area contributed by atoms with Crippen molar-refractivity contribution in [2.45, 2.75) is 33.1 Å². The van der Waals surface area contributed by atoms with Crippen molar-refractivity contribution in [1.29, 1.82) is 0 Å². The molecule has 0 unspecified atom stereocenters.